The second-order valence-corrected chi connectivity index (χ2v) is 23.4. The molecule has 0 saturated heterocycles. The summed E-state index contributed by atoms with van der Waals surface area (Å²) >= 11 is 0. The Labute approximate surface area is 425 Å². The van der Waals surface area contributed by atoms with Crippen molar-refractivity contribution in [2.24, 2.45) is 0 Å². The second kappa shape index (κ2) is 22.9. The van der Waals surface area contributed by atoms with E-state index in [2.05, 4.69) is 222 Å². The minimum atomic E-state index is -1.07. The van der Waals surface area contributed by atoms with E-state index in [0.29, 0.717) is 0 Å². The van der Waals surface area contributed by atoms with Crippen molar-refractivity contribution in [3.05, 3.63) is 254 Å². The van der Waals surface area contributed by atoms with Gasteiger partial charge in [0.15, 0.2) is 0 Å². The first-order valence-electron chi connectivity index (χ1n) is 21.9. The minimum Gasteiger partial charge on any atom is -0.366 e. The Bertz CT molecular complexity index is 2940. The number of fused-ring (bicyclic) bond motifs is 6. The molecule has 4 heteroatoms. The third kappa shape index (κ3) is 10.6. The Morgan fingerprint density at radius 2 is 0.561 bits per heavy atom. The molecule has 330 valence electrons. The van der Waals surface area contributed by atoms with Gasteiger partial charge in [-0.3, -0.25) is 11.8 Å². The molecule has 0 fully saturated rings. The fourth-order valence-corrected chi connectivity index (χ4v) is 16.8. The third-order valence-corrected chi connectivity index (χ3v) is 20.5. The molecule has 0 aromatic heterocycles. The Balaban J connectivity index is 0.000000177. The van der Waals surface area contributed by atoms with Crippen molar-refractivity contribution in [2.75, 3.05) is 0 Å². The Morgan fingerprint density at radius 3 is 0.864 bits per heavy atom. The number of hydrogen-bond acceptors (Lipinski definition) is 0. The van der Waals surface area contributed by atoms with Crippen LogP contribution < -0.4 is 21.2 Å². The molecule has 0 unspecified atom stereocenters. The summed E-state index contributed by atoms with van der Waals surface area (Å²) in [5.41, 5.74) is 1.71. The molecule has 10 aromatic carbocycles. The molecule has 0 atom stereocenters. The summed E-state index contributed by atoms with van der Waals surface area (Å²) in [6, 6.07) is 81.8. The van der Waals surface area contributed by atoms with Crippen LogP contribution in [-0.2, 0) is 44.8 Å². The van der Waals surface area contributed by atoms with Crippen LogP contribution in [0.2, 0.25) is 0 Å². The van der Waals surface area contributed by atoms with E-state index in [1.54, 1.807) is 0 Å². The van der Waals surface area contributed by atoms with Crippen LogP contribution in [0.3, 0.4) is 0 Å². The molecule has 10 aromatic rings. The normalized spacial score (nSPS) is 11.0. The van der Waals surface area contributed by atoms with E-state index in [-0.39, 0.29) is 55.1 Å². The smallest absolute Gasteiger partial charge is 0.366 e. The molecule has 0 N–H and O–H groups in total. The summed E-state index contributed by atoms with van der Waals surface area (Å²) in [5, 5.41) is 15.5. The number of rotatable bonds is 7. The maximum absolute atomic E-state index is 7.35. The van der Waals surface area contributed by atoms with Crippen LogP contribution in [0, 0.1) is 24.7 Å². The van der Waals surface area contributed by atoms with Crippen LogP contribution in [0.5, 0.6) is 0 Å². The van der Waals surface area contributed by atoms with Crippen molar-refractivity contribution in [1.82, 2.24) is 0 Å². The van der Waals surface area contributed by atoms with Crippen LogP contribution in [0.25, 0.3) is 43.1 Å². The molecule has 0 aliphatic rings. The SMILES string of the molecule is CC(C)([PH+](c1ccccc1)c1ccccc1)C(C)(C)[PH+](c1ccccc1)c1ccccc1.[Ag+].[Ag+].[C-]#Cc1cccc2ccc3ccccc3c12.[C-]#Cc1cccc2ccc3ccccc3c12. The summed E-state index contributed by atoms with van der Waals surface area (Å²) < 4.78 is 0. The zero-order chi connectivity index (χ0) is 44.5. The molecule has 0 spiro atoms. The minimum absolute atomic E-state index is 0. The van der Waals surface area contributed by atoms with E-state index in [1.807, 2.05) is 48.5 Å². The van der Waals surface area contributed by atoms with E-state index in [1.165, 1.54) is 42.8 Å². The van der Waals surface area contributed by atoms with Crippen molar-refractivity contribution in [2.45, 2.75) is 38.0 Å². The summed E-state index contributed by atoms with van der Waals surface area (Å²) in [6.45, 7) is 10.1. The van der Waals surface area contributed by atoms with Crippen LogP contribution in [0.4, 0.5) is 0 Å². The predicted molar refractivity (Wildman–Crippen MR) is 284 cm³/mol. The predicted octanol–water partition coefficient (Wildman–Crippen LogP) is 14.1. The van der Waals surface area contributed by atoms with Gasteiger partial charge in [0.05, 0.1) is 37.1 Å². The maximum atomic E-state index is 7.35. The fraction of sp³-hybridized carbons (Fsp3) is 0.0968. The molecule has 0 aliphatic heterocycles. The molecule has 0 radical (unpaired) electrons. The summed E-state index contributed by atoms with van der Waals surface area (Å²) in [4.78, 5) is 0. The van der Waals surface area contributed by atoms with Crippen LogP contribution in [0.15, 0.2) is 231 Å². The van der Waals surface area contributed by atoms with Gasteiger partial charge >= 0.3 is 44.8 Å². The molecule has 66 heavy (non-hydrogen) atoms. The van der Waals surface area contributed by atoms with Gasteiger partial charge in [-0.25, -0.2) is 0 Å². The van der Waals surface area contributed by atoms with E-state index in [4.69, 9.17) is 12.8 Å². The molecule has 0 saturated carbocycles. The van der Waals surface area contributed by atoms with Gasteiger partial charge in [0.25, 0.3) is 0 Å². The maximum Gasteiger partial charge on any atom is 1.00 e. The van der Waals surface area contributed by atoms with E-state index < -0.39 is 15.8 Å². The van der Waals surface area contributed by atoms with Gasteiger partial charge in [-0.1, -0.05) is 181 Å². The Hall–Kier alpha value is -5.30. The largest absolute Gasteiger partial charge is 1.00 e. The van der Waals surface area contributed by atoms with Gasteiger partial charge < -0.3 is 12.8 Å². The third-order valence-electron chi connectivity index (χ3n) is 12.9. The molecule has 10 rings (SSSR count). The van der Waals surface area contributed by atoms with E-state index >= 15 is 0 Å². The second-order valence-electron chi connectivity index (χ2n) is 17.1. The van der Waals surface area contributed by atoms with Crippen molar-refractivity contribution in [3.8, 4) is 11.8 Å². The van der Waals surface area contributed by atoms with Gasteiger partial charge in [-0.05, 0) is 109 Å². The molecule has 0 nitrogen and oxygen atoms in total. The molecular weight excluding hydrogens is 1020 g/mol. The van der Waals surface area contributed by atoms with Crippen LogP contribution >= 0.6 is 15.8 Å². The van der Waals surface area contributed by atoms with Crippen molar-refractivity contribution < 1.29 is 44.8 Å². The first kappa shape index (κ1) is 50.1. The average Bonchev–Trinajstić information content (AvgIpc) is 3.35. The molecule has 0 aliphatic carbocycles. The summed E-state index contributed by atoms with van der Waals surface area (Å²) in [6.07, 6.45) is 14.7. The topological polar surface area (TPSA) is 0 Å². The van der Waals surface area contributed by atoms with Gasteiger partial charge in [0.1, 0.15) is 10.3 Å². The zero-order valence-corrected chi connectivity index (χ0v) is 42.5. The molecular formula is C62H52Ag2P2+2. The van der Waals surface area contributed by atoms with Crippen LogP contribution in [0.1, 0.15) is 38.8 Å². The Morgan fingerprint density at radius 1 is 0.303 bits per heavy atom. The van der Waals surface area contributed by atoms with Gasteiger partial charge in [0, 0.05) is 0 Å². The molecule has 0 bridgehead atoms. The average molecular weight is 1070 g/mol. The summed E-state index contributed by atoms with van der Waals surface area (Å²) in [5.74, 6) is 5.02. The van der Waals surface area contributed by atoms with Crippen molar-refractivity contribution >= 4 is 80.2 Å². The molecule has 0 amide bonds. The number of benzene rings is 10. The van der Waals surface area contributed by atoms with E-state index in [9.17, 15) is 0 Å². The standard InChI is InChI=1S/C30H32P2.2C16H9.2Ag/c1-29(2,31(25-17-9-5-10-18-25)26-19-11-6-12-20-26)30(3,4)32(27-21-13-7-14-22-27)28-23-15-8-16-24-28;2*1-2-12-7-5-8-14-11-10-13-6-3-4-9-15(13)16(12)14;;/h5-24H,1-4H3;2*3-11H;;/q;2*-1;2*+1/p+2. The fourth-order valence-electron chi connectivity index (χ4n) is 9.15. The molecule has 0 heterocycles. The zero-order valence-electron chi connectivity index (χ0n) is 37.5. The number of hydrogen-bond donors (Lipinski definition) is 0. The van der Waals surface area contributed by atoms with Crippen molar-refractivity contribution in [1.29, 1.82) is 0 Å². The van der Waals surface area contributed by atoms with Gasteiger partial charge in [-0.15, -0.1) is 23.3 Å². The monoisotopic (exact) mass is 1070 g/mol. The van der Waals surface area contributed by atoms with Crippen molar-refractivity contribution in [3.63, 3.8) is 0 Å². The van der Waals surface area contributed by atoms with Gasteiger partial charge in [0.2, 0.25) is 0 Å². The summed E-state index contributed by atoms with van der Waals surface area (Å²) in [7, 11) is -2.13. The van der Waals surface area contributed by atoms with Gasteiger partial charge in [-0.2, -0.15) is 0 Å². The van der Waals surface area contributed by atoms with Crippen LogP contribution in [-0.4, -0.2) is 10.3 Å². The quantitative estimate of drug-likeness (QED) is 0.0491. The first-order chi connectivity index (χ1) is 31.2. The Kier molecular flexibility index (Phi) is 17.4. The first-order valence-corrected chi connectivity index (χ1v) is 24.9. The van der Waals surface area contributed by atoms with E-state index in [0.717, 1.165) is 32.7 Å².